The van der Waals surface area contributed by atoms with E-state index in [1.54, 1.807) is 11.9 Å². The predicted molar refractivity (Wildman–Crippen MR) is 39.4 cm³/mol. The normalized spacial score (nSPS) is 23.3. The van der Waals surface area contributed by atoms with Crippen LogP contribution < -0.4 is 0 Å². The Morgan fingerprint density at radius 1 is 1.73 bits per heavy atom. The number of carbonyl (C=O) groups excluding carboxylic acids is 1. The number of nitrogens with zero attached hydrogens (tertiary/aromatic N) is 1. The van der Waals surface area contributed by atoms with Gasteiger partial charge in [0, 0.05) is 13.7 Å². The molecule has 1 aliphatic heterocycles. The van der Waals surface area contributed by atoms with Crippen molar-refractivity contribution in [3.63, 3.8) is 0 Å². The molecule has 1 aliphatic rings. The van der Waals surface area contributed by atoms with Crippen LogP contribution in [0.25, 0.3) is 0 Å². The highest BCUT2D eigenvalue weighted by molar-refractivity contribution is 5.67. The molecule has 0 N–H and O–H groups in total. The SMILES string of the molecule is COC(=O)N(C)C1CCOC1. The van der Waals surface area contributed by atoms with Gasteiger partial charge in [-0.3, -0.25) is 0 Å². The third kappa shape index (κ3) is 1.83. The molecule has 1 fully saturated rings. The molecule has 1 unspecified atom stereocenters. The minimum Gasteiger partial charge on any atom is -0.453 e. The topological polar surface area (TPSA) is 38.8 Å². The predicted octanol–water partition coefficient (Wildman–Crippen LogP) is 0.474. The molecule has 0 aromatic heterocycles. The Morgan fingerprint density at radius 3 is 2.91 bits per heavy atom. The first-order valence-corrected chi connectivity index (χ1v) is 3.64. The number of hydrogen-bond acceptors (Lipinski definition) is 3. The summed E-state index contributed by atoms with van der Waals surface area (Å²) in [4.78, 5) is 12.5. The highest BCUT2D eigenvalue weighted by atomic mass is 16.5. The van der Waals surface area contributed by atoms with Crippen LogP contribution in [-0.4, -0.2) is 44.4 Å². The van der Waals surface area contributed by atoms with E-state index in [0.29, 0.717) is 6.61 Å². The van der Waals surface area contributed by atoms with Gasteiger partial charge in [0.1, 0.15) is 0 Å². The zero-order valence-corrected chi connectivity index (χ0v) is 6.87. The lowest BCUT2D eigenvalue weighted by molar-refractivity contribution is 0.109. The summed E-state index contributed by atoms with van der Waals surface area (Å²) in [6, 6.07) is 0.197. The van der Waals surface area contributed by atoms with Crippen LogP contribution in [0.3, 0.4) is 0 Å². The fraction of sp³-hybridized carbons (Fsp3) is 0.857. The van der Waals surface area contributed by atoms with E-state index in [0.717, 1.165) is 13.0 Å². The molecule has 1 saturated heterocycles. The highest BCUT2D eigenvalue weighted by Gasteiger charge is 2.24. The van der Waals surface area contributed by atoms with Crippen molar-refractivity contribution >= 4 is 6.09 Å². The second-order valence-corrected chi connectivity index (χ2v) is 2.60. The summed E-state index contributed by atoms with van der Waals surface area (Å²) in [6.45, 7) is 1.37. The van der Waals surface area contributed by atoms with Gasteiger partial charge in [-0.25, -0.2) is 4.79 Å². The third-order valence-corrected chi connectivity index (χ3v) is 1.92. The summed E-state index contributed by atoms with van der Waals surface area (Å²) in [6.07, 6.45) is 0.617. The average Bonchev–Trinajstić information content (AvgIpc) is 2.53. The largest absolute Gasteiger partial charge is 0.453 e. The van der Waals surface area contributed by atoms with Crippen LogP contribution in [0.2, 0.25) is 0 Å². The Kier molecular flexibility index (Phi) is 2.70. The van der Waals surface area contributed by atoms with Crippen molar-refractivity contribution in [1.82, 2.24) is 4.90 Å². The van der Waals surface area contributed by atoms with E-state index in [1.807, 2.05) is 0 Å². The van der Waals surface area contributed by atoms with Gasteiger partial charge in [-0.1, -0.05) is 0 Å². The van der Waals surface area contributed by atoms with Crippen molar-refractivity contribution in [2.75, 3.05) is 27.4 Å². The van der Waals surface area contributed by atoms with Crippen LogP contribution in [0, 0.1) is 0 Å². The average molecular weight is 159 g/mol. The standard InChI is InChI=1S/C7H13NO3/c1-8(7(9)10-2)6-3-4-11-5-6/h6H,3-5H2,1-2H3. The monoisotopic (exact) mass is 159 g/mol. The molecule has 11 heavy (non-hydrogen) atoms. The molecule has 1 rings (SSSR count). The third-order valence-electron chi connectivity index (χ3n) is 1.92. The van der Waals surface area contributed by atoms with Gasteiger partial charge < -0.3 is 14.4 Å². The van der Waals surface area contributed by atoms with E-state index in [9.17, 15) is 4.79 Å². The Hall–Kier alpha value is -0.770. The first kappa shape index (κ1) is 8.33. The number of likely N-dealkylation sites (N-methyl/N-ethyl adjacent to an activating group) is 1. The molecule has 0 bridgehead atoms. The van der Waals surface area contributed by atoms with Crippen LogP contribution >= 0.6 is 0 Å². The maximum Gasteiger partial charge on any atom is 0.409 e. The van der Waals surface area contributed by atoms with E-state index in [4.69, 9.17) is 4.74 Å². The number of ether oxygens (including phenoxy) is 2. The molecule has 0 aliphatic carbocycles. The van der Waals surface area contributed by atoms with Gasteiger partial charge in [0.15, 0.2) is 0 Å². The summed E-state index contributed by atoms with van der Waals surface area (Å²) in [5.74, 6) is 0. The molecule has 4 nitrogen and oxygen atoms in total. The zero-order chi connectivity index (χ0) is 8.27. The van der Waals surface area contributed by atoms with Crippen LogP contribution in [0.15, 0.2) is 0 Å². The second kappa shape index (κ2) is 3.57. The smallest absolute Gasteiger partial charge is 0.409 e. The lowest BCUT2D eigenvalue weighted by Gasteiger charge is -2.20. The molecular weight excluding hydrogens is 146 g/mol. The molecule has 0 saturated carbocycles. The van der Waals surface area contributed by atoms with Crippen molar-refractivity contribution in [2.24, 2.45) is 0 Å². The summed E-state index contributed by atoms with van der Waals surface area (Å²) in [5.41, 5.74) is 0. The molecule has 64 valence electrons. The van der Waals surface area contributed by atoms with Gasteiger partial charge in [0.05, 0.1) is 19.8 Å². The van der Waals surface area contributed by atoms with E-state index in [-0.39, 0.29) is 12.1 Å². The van der Waals surface area contributed by atoms with Gasteiger partial charge >= 0.3 is 6.09 Å². The summed E-state index contributed by atoms with van der Waals surface area (Å²) < 4.78 is 9.68. The second-order valence-electron chi connectivity index (χ2n) is 2.60. The van der Waals surface area contributed by atoms with E-state index >= 15 is 0 Å². The Labute approximate surface area is 66.1 Å². The van der Waals surface area contributed by atoms with Gasteiger partial charge in [0.25, 0.3) is 0 Å². The lowest BCUT2D eigenvalue weighted by Crippen LogP contribution is -2.37. The van der Waals surface area contributed by atoms with Crippen LogP contribution in [0.5, 0.6) is 0 Å². The Balaban J connectivity index is 2.39. The van der Waals surface area contributed by atoms with Gasteiger partial charge in [-0.15, -0.1) is 0 Å². The molecule has 0 aromatic carbocycles. The maximum absolute atomic E-state index is 10.9. The van der Waals surface area contributed by atoms with Crippen molar-refractivity contribution in [2.45, 2.75) is 12.5 Å². The van der Waals surface area contributed by atoms with Gasteiger partial charge in [0.2, 0.25) is 0 Å². The summed E-state index contributed by atoms with van der Waals surface area (Å²) >= 11 is 0. The van der Waals surface area contributed by atoms with E-state index in [2.05, 4.69) is 4.74 Å². The quantitative estimate of drug-likeness (QED) is 0.558. The summed E-state index contributed by atoms with van der Waals surface area (Å²) in [7, 11) is 3.11. The summed E-state index contributed by atoms with van der Waals surface area (Å²) in [5, 5.41) is 0. The number of rotatable bonds is 1. The molecule has 1 amide bonds. The molecule has 0 aromatic rings. The lowest BCUT2D eigenvalue weighted by atomic mass is 10.2. The fourth-order valence-electron chi connectivity index (χ4n) is 1.12. The highest BCUT2D eigenvalue weighted by Crippen LogP contribution is 2.10. The van der Waals surface area contributed by atoms with Crippen molar-refractivity contribution in [1.29, 1.82) is 0 Å². The minimum absolute atomic E-state index is 0.197. The Bertz CT molecular complexity index is 143. The van der Waals surface area contributed by atoms with Crippen molar-refractivity contribution in [3.8, 4) is 0 Å². The van der Waals surface area contributed by atoms with Crippen LogP contribution in [0.4, 0.5) is 4.79 Å². The number of hydrogen-bond donors (Lipinski definition) is 0. The molecule has 0 radical (unpaired) electrons. The first-order valence-electron chi connectivity index (χ1n) is 3.64. The fourth-order valence-corrected chi connectivity index (χ4v) is 1.12. The maximum atomic E-state index is 10.9. The van der Waals surface area contributed by atoms with Crippen molar-refractivity contribution < 1.29 is 14.3 Å². The molecule has 0 spiro atoms. The van der Waals surface area contributed by atoms with Crippen molar-refractivity contribution in [3.05, 3.63) is 0 Å². The van der Waals surface area contributed by atoms with Crippen LogP contribution in [-0.2, 0) is 9.47 Å². The van der Waals surface area contributed by atoms with Gasteiger partial charge in [-0.2, -0.15) is 0 Å². The molecule has 4 heteroatoms. The Morgan fingerprint density at radius 2 is 2.45 bits per heavy atom. The zero-order valence-electron chi connectivity index (χ0n) is 6.87. The molecular formula is C7H13NO3. The minimum atomic E-state index is -0.291. The molecule has 1 atom stereocenters. The van der Waals surface area contributed by atoms with Gasteiger partial charge in [-0.05, 0) is 6.42 Å². The molecule has 1 heterocycles. The first-order chi connectivity index (χ1) is 5.25. The van der Waals surface area contributed by atoms with E-state index in [1.165, 1.54) is 7.11 Å². The number of amides is 1. The number of methoxy groups -OCH3 is 1. The van der Waals surface area contributed by atoms with Crippen LogP contribution in [0.1, 0.15) is 6.42 Å². The number of carbonyl (C=O) groups is 1. The van der Waals surface area contributed by atoms with E-state index < -0.39 is 0 Å².